The van der Waals surface area contributed by atoms with Gasteiger partial charge in [0.25, 0.3) is 0 Å². The second-order valence-corrected chi connectivity index (χ2v) is 7.62. The lowest BCUT2D eigenvalue weighted by Crippen LogP contribution is -2.30. The number of nitrogens with zero attached hydrogens (tertiary/aromatic N) is 2. The van der Waals surface area contributed by atoms with E-state index >= 15 is 0 Å². The number of carbonyl (C=O) groups is 1. The van der Waals surface area contributed by atoms with Gasteiger partial charge in [-0.3, -0.25) is 4.98 Å². The largest absolute Gasteiger partial charge is 0.502 e. The average molecular weight is 450 g/mol. The Bertz CT molecular complexity index is 1210. The van der Waals surface area contributed by atoms with Crippen molar-refractivity contribution >= 4 is 28.3 Å². The van der Waals surface area contributed by atoms with Crippen molar-refractivity contribution in [3.63, 3.8) is 0 Å². The van der Waals surface area contributed by atoms with Crippen molar-refractivity contribution in [3.8, 4) is 17.2 Å². The fourth-order valence-corrected chi connectivity index (χ4v) is 3.18. The number of methoxy groups -OCH3 is 1. The minimum Gasteiger partial charge on any atom is -0.502 e. The van der Waals surface area contributed by atoms with Crippen molar-refractivity contribution in [2.75, 3.05) is 32.2 Å². The SMILES string of the molecule is [C-]#[N+]c1cc2c(Oc3ccc(NC(=O)NCC4CC4)c(F)c3)ccnc2cc1OCCOC. The van der Waals surface area contributed by atoms with E-state index in [-0.39, 0.29) is 11.4 Å². The standard InChI is InChI=1S/C24H23FN4O4/c1-26-21-12-17-20(13-23(21)32-10-9-31-2)27-8-7-22(17)33-16-5-6-19(18(25)11-16)29-24(30)28-14-15-3-4-15/h5-8,11-13,15H,3-4,9-10,14H2,2H3,(H2,28,29,30). The highest BCUT2D eigenvalue weighted by Crippen LogP contribution is 2.37. The van der Waals surface area contributed by atoms with Crippen LogP contribution in [-0.2, 0) is 4.74 Å². The average Bonchev–Trinajstić information content (AvgIpc) is 3.64. The summed E-state index contributed by atoms with van der Waals surface area (Å²) in [5, 5.41) is 5.83. The molecule has 8 nitrogen and oxygen atoms in total. The Morgan fingerprint density at radius 1 is 1.21 bits per heavy atom. The van der Waals surface area contributed by atoms with Crippen molar-refractivity contribution in [3.05, 3.63) is 59.8 Å². The Labute approximate surface area is 190 Å². The predicted octanol–water partition coefficient (Wildman–Crippen LogP) is 5.27. The van der Waals surface area contributed by atoms with E-state index in [9.17, 15) is 9.18 Å². The van der Waals surface area contributed by atoms with Gasteiger partial charge >= 0.3 is 6.03 Å². The highest BCUT2D eigenvalue weighted by molar-refractivity contribution is 5.91. The number of anilines is 1. The molecular formula is C24H23FN4O4. The topological polar surface area (TPSA) is 86.1 Å². The number of benzene rings is 2. The van der Waals surface area contributed by atoms with Crippen LogP contribution in [0.25, 0.3) is 15.7 Å². The number of nitrogens with one attached hydrogen (secondary N) is 2. The minimum atomic E-state index is -0.622. The Morgan fingerprint density at radius 3 is 2.79 bits per heavy atom. The zero-order chi connectivity index (χ0) is 23.2. The molecule has 9 heteroatoms. The monoisotopic (exact) mass is 450 g/mol. The van der Waals surface area contributed by atoms with Crippen LogP contribution in [0.5, 0.6) is 17.2 Å². The smallest absolute Gasteiger partial charge is 0.319 e. The van der Waals surface area contributed by atoms with Crippen LogP contribution in [-0.4, -0.2) is 37.9 Å². The van der Waals surface area contributed by atoms with Gasteiger partial charge in [0.1, 0.15) is 29.7 Å². The highest BCUT2D eigenvalue weighted by atomic mass is 19.1. The molecule has 0 atom stereocenters. The fraction of sp³-hybridized carbons (Fsp3) is 0.292. The fourth-order valence-electron chi connectivity index (χ4n) is 3.18. The first-order valence-corrected chi connectivity index (χ1v) is 10.5. The van der Waals surface area contributed by atoms with E-state index in [1.54, 1.807) is 37.6 Å². The molecule has 1 aliphatic rings. The lowest BCUT2D eigenvalue weighted by Gasteiger charge is -2.13. The first-order valence-electron chi connectivity index (χ1n) is 10.5. The molecule has 2 N–H and O–H groups in total. The molecular weight excluding hydrogens is 427 g/mol. The summed E-state index contributed by atoms with van der Waals surface area (Å²) < 4.78 is 31.0. The molecule has 4 rings (SSSR count). The van der Waals surface area contributed by atoms with Gasteiger partial charge in [0.05, 0.1) is 24.4 Å². The molecule has 1 heterocycles. The van der Waals surface area contributed by atoms with Crippen LogP contribution in [0.15, 0.2) is 42.6 Å². The van der Waals surface area contributed by atoms with Crippen LogP contribution in [0.4, 0.5) is 20.6 Å². The molecule has 2 aromatic carbocycles. The minimum absolute atomic E-state index is 0.0587. The van der Waals surface area contributed by atoms with Crippen LogP contribution in [0, 0.1) is 18.3 Å². The summed E-state index contributed by atoms with van der Waals surface area (Å²) in [6, 6.07) is 8.69. The van der Waals surface area contributed by atoms with Crippen LogP contribution < -0.4 is 20.1 Å². The third-order valence-corrected chi connectivity index (χ3v) is 5.11. The van der Waals surface area contributed by atoms with E-state index in [1.165, 1.54) is 12.1 Å². The van der Waals surface area contributed by atoms with Gasteiger partial charge in [-0.1, -0.05) is 0 Å². The molecule has 2 amide bonds. The van der Waals surface area contributed by atoms with Crippen LogP contribution >= 0.6 is 0 Å². The summed E-state index contributed by atoms with van der Waals surface area (Å²) in [7, 11) is 1.57. The number of ether oxygens (including phenoxy) is 3. The molecule has 0 aliphatic heterocycles. The van der Waals surface area contributed by atoms with Crippen molar-refractivity contribution in [1.29, 1.82) is 0 Å². The number of rotatable bonds is 9. The van der Waals surface area contributed by atoms with Crippen molar-refractivity contribution in [2.24, 2.45) is 5.92 Å². The molecule has 1 aliphatic carbocycles. The Balaban J connectivity index is 1.51. The molecule has 33 heavy (non-hydrogen) atoms. The lowest BCUT2D eigenvalue weighted by molar-refractivity contribution is 0.147. The number of fused-ring (bicyclic) bond motifs is 1. The molecule has 0 saturated heterocycles. The number of pyridine rings is 1. The lowest BCUT2D eigenvalue weighted by atomic mass is 10.1. The maximum atomic E-state index is 14.6. The van der Waals surface area contributed by atoms with Crippen molar-refractivity contribution in [1.82, 2.24) is 10.3 Å². The second-order valence-electron chi connectivity index (χ2n) is 7.62. The van der Waals surface area contributed by atoms with E-state index in [0.29, 0.717) is 53.8 Å². The molecule has 0 radical (unpaired) electrons. The molecule has 0 unspecified atom stereocenters. The molecule has 3 aromatic rings. The summed E-state index contributed by atoms with van der Waals surface area (Å²) in [6.07, 6.45) is 3.79. The Hall–Kier alpha value is -3.90. The number of hydrogen-bond donors (Lipinski definition) is 2. The summed E-state index contributed by atoms with van der Waals surface area (Å²) in [5.74, 6) is 0.969. The van der Waals surface area contributed by atoms with E-state index < -0.39 is 11.8 Å². The first-order chi connectivity index (χ1) is 16.1. The van der Waals surface area contributed by atoms with Gasteiger partial charge in [-0.25, -0.2) is 14.0 Å². The molecule has 1 aromatic heterocycles. The van der Waals surface area contributed by atoms with Crippen LogP contribution in [0.1, 0.15) is 12.8 Å². The summed E-state index contributed by atoms with van der Waals surface area (Å²) in [6.45, 7) is 8.75. The predicted molar refractivity (Wildman–Crippen MR) is 122 cm³/mol. The zero-order valence-electron chi connectivity index (χ0n) is 18.1. The summed E-state index contributed by atoms with van der Waals surface area (Å²) >= 11 is 0. The number of halogens is 1. The molecule has 1 fully saturated rings. The molecule has 0 spiro atoms. The van der Waals surface area contributed by atoms with Gasteiger partial charge in [0.15, 0.2) is 0 Å². The number of amides is 2. The Morgan fingerprint density at radius 2 is 2.06 bits per heavy atom. The third-order valence-electron chi connectivity index (χ3n) is 5.11. The number of aromatic nitrogens is 1. The number of carbonyl (C=O) groups excluding carboxylic acids is 1. The van der Waals surface area contributed by atoms with Crippen LogP contribution in [0.2, 0.25) is 0 Å². The van der Waals surface area contributed by atoms with E-state index in [4.69, 9.17) is 20.8 Å². The van der Waals surface area contributed by atoms with Crippen molar-refractivity contribution in [2.45, 2.75) is 12.8 Å². The maximum Gasteiger partial charge on any atom is 0.319 e. The normalized spacial score (nSPS) is 12.8. The van der Waals surface area contributed by atoms with Gasteiger partial charge in [-0.05, 0) is 49.1 Å². The number of urea groups is 1. The van der Waals surface area contributed by atoms with E-state index in [1.807, 2.05) is 0 Å². The van der Waals surface area contributed by atoms with Gasteiger partial charge in [0, 0.05) is 31.3 Å². The Kier molecular flexibility index (Phi) is 6.86. The van der Waals surface area contributed by atoms with Crippen LogP contribution in [0.3, 0.4) is 0 Å². The summed E-state index contributed by atoms with van der Waals surface area (Å²) in [4.78, 5) is 19.8. The quantitative estimate of drug-likeness (QED) is 0.342. The highest BCUT2D eigenvalue weighted by Gasteiger charge is 2.21. The van der Waals surface area contributed by atoms with Gasteiger partial charge < -0.3 is 24.8 Å². The molecule has 1 saturated carbocycles. The van der Waals surface area contributed by atoms with Crippen molar-refractivity contribution < 1.29 is 23.4 Å². The van der Waals surface area contributed by atoms with E-state index in [0.717, 1.165) is 12.8 Å². The van der Waals surface area contributed by atoms with Gasteiger partial charge in [0.2, 0.25) is 5.69 Å². The van der Waals surface area contributed by atoms with Gasteiger partial charge in [-0.15, -0.1) is 0 Å². The first kappa shape index (κ1) is 22.3. The molecule has 170 valence electrons. The van der Waals surface area contributed by atoms with Gasteiger partial charge in [-0.2, -0.15) is 0 Å². The maximum absolute atomic E-state index is 14.6. The molecule has 0 bridgehead atoms. The van der Waals surface area contributed by atoms with E-state index in [2.05, 4.69) is 20.5 Å². The zero-order valence-corrected chi connectivity index (χ0v) is 18.1. The third kappa shape index (κ3) is 5.67. The number of hydrogen-bond acceptors (Lipinski definition) is 5. The summed E-state index contributed by atoms with van der Waals surface area (Å²) in [5.41, 5.74) is 0.932. The second kappa shape index (κ2) is 10.1.